The molecule has 1 heterocycles. The molecule has 2 amide bonds. The van der Waals surface area contributed by atoms with E-state index in [1.165, 1.54) is 11.0 Å². The van der Waals surface area contributed by atoms with E-state index in [0.29, 0.717) is 35.3 Å². The first kappa shape index (κ1) is 21.8. The molecule has 6 nitrogen and oxygen atoms in total. The largest absolute Gasteiger partial charge is 0.372 e. The molecule has 2 aromatic carbocycles. The quantitative estimate of drug-likeness (QED) is 0.584. The van der Waals surface area contributed by atoms with Crippen LogP contribution in [-0.4, -0.2) is 28.7 Å². The van der Waals surface area contributed by atoms with E-state index in [-0.39, 0.29) is 10.6 Å². The summed E-state index contributed by atoms with van der Waals surface area (Å²) in [7, 11) is 1.66. The average molecular weight is 453 g/mol. The predicted molar refractivity (Wildman–Crippen MR) is 121 cm³/mol. The van der Waals surface area contributed by atoms with Crippen LogP contribution in [0.15, 0.2) is 60.8 Å². The molecule has 1 aliphatic rings. The molecule has 0 radical (unpaired) electrons. The number of nitrogens with two attached hydrogens (primary N) is 1. The number of anilines is 1. The number of nitrogens with zero attached hydrogens (tertiary/aromatic N) is 2. The standard InChI is InChI=1S/C24H22ClFN4O2/c1-28-23-17(8-5-11-29-23)24(32)30(21(22(27)31)14-6-3-2-4-7-14)20-10-9-16-18(20)12-15(25)13-19(16)26/h2-8,11-13,20-21H,9-10H2,1H3,(H2,27,31)(H,28,29)/t20-,21-/m1/s1. The second-order valence-electron chi connectivity index (χ2n) is 7.59. The Hall–Kier alpha value is -3.45. The summed E-state index contributed by atoms with van der Waals surface area (Å²) in [5.74, 6) is -1.17. The van der Waals surface area contributed by atoms with Crippen molar-refractivity contribution in [2.24, 2.45) is 5.73 Å². The van der Waals surface area contributed by atoms with E-state index in [1.807, 2.05) is 6.07 Å². The molecule has 0 spiro atoms. The number of primary amides is 1. The van der Waals surface area contributed by atoms with E-state index in [9.17, 15) is 14.0 Å². The van der Waals surface area contributed by atoms with E-state index in [2.05, 4.69) is 10.3 Å². The molecule has 0 saturated carbocycles. The lowest BCUT2D eigenvalue weighted by molar-refractivity contribution is -0.123. The van der Waals surface area contributed by atoms with E-state index in [4.69, 9.17) is 17.3 Å². The monoisotopic (exact) mass is 452 g/mol. The third-order valence-corrected chi connectivity index (χ3v) is 5.95. The molecular formula is C24H22ClFN4O2. The molecule has 0 aliphatic heterocycles. The van der Waals surface area contributed by atoms with Crippen LogP contribution in [0.1, 0.15) is 45.6 Å². The summed E-state index contributed by atoms with van der Waals surface area (Å²) in [6, 6.07) is 13.4. The van der Waals surface area contributed by atoms with Gasteiger partial charge in [0.15, 0.2) is 0 Å². The molecule has 2 atom stereocenters. The maximum atomic E-state index is 14.6. The summed E-state index contributed by atoms with van der Waals surface area (Å²) >= 11 is 6.15. The van der Waals surface area contributed by atoms with Gasteiger partial charge in [0.2, 0.25) is 5.91 Å². The third kappa shape index (κ3) is 3.91. The summed E-state index contributed by atoms with van der Waals surface area (Å²) in [6.07, 6.45) is 2.42. The smallest absolute Gasteiger partial charge is 0.259 e. The van der Waals surface area contributed by atoms with Gasteiger partial charge in [-0.1, -0.05) is 41.9 Å². The molecule has 8 heteroatoms. The highest BCUT2D eigenvalue weighted by molar-refractivity contribution is 6.30. The van der Waals surface area contributed by atoms with Crippen molar-refractivity contribution < 1.29 is 14.0 Å². The minimum absolute atomic E-state index is 0.230. The molecule has 0 saturated heterocycles. The lowest BCUT2D eigenvalue weighted by Crippen LogP contribution is -2.43. The van der Waals surface area contributed by atoms with Crippen molar-refractivity contribution >= 4 is 29.2 Å². The van der Waals surface area contributed by atoms with E-state index in [1.54, 1.807) is 55.7 Å². The summed E-state index contributed by atoms with van der Waals surface area (Å²) < 4.78 is 14.6. The van der Waals surface area contributed by atoms with Crippen molar-refractivity contribution in [1.82, 2.24) is 9.88 Å². The Bertz CT molecular complexity index is 1170. The van der Waals surface area contributed by atoms with Crippen LogP contribution in [0.2, 0.25) is 5.02 Å². The predicted octanol–water partition coefficient (Wildman–Crippen LogP) is 4.27. The highest BCUT2D eigenvalue weighted by Crippen LogP contribution is 2.43. The van der Waals surface area contributed by atoms with Gasteiger partial charge in [-0.3, -0.25) is 9.59 Å². The molecule has 3 aromatic rings. The summed E-state index contributed by atoms with van der Waals surface area (Å²) in [5.41, 5.74) is 7.77. The van der Waals surface area contributed by atoms with Crippen LogP contribution in [0.3, 0.4) is 0 Å². The Morgan fingerprint density at radius 3 is 2.66 bits per heavy atom. The van der Waals surface area contributed by atoms with Gasteiger partial charge in [0, 0.05) is 18.3 Å². The number of aromatic nitrogens is 1. The molecular weight excluding hydrogens is 431 g/mol. The van der Waals surface area contributed by atoms with Gasteiger partial charge in [-0.25, -0.2) is 9.37 Å². The van der Waals surface area contributed by atoms with Gasteiger partial charge in [-0.2, -0.15) is 0 Å². The molecule has 164 valence electrons. The second-order valence-corrected chi connectivity index (χ2v) is 8.02. The number of fused-ring (bicyclic) bond motifs is 1. The molecule has 1 aromatic heterocycles. The van der Waals surface area contributed by atoms with Crippen molar-refractivity contribution in [2.75, 3.05) is 12.4 Å². The Balaban J connectivity index is 1.91. The van der Waals surface area contributed by atoms with E-state index in [0.717, 1.165) is 0 Å². The maximum Gasteiger partial charge on any atom is 0.259 e. The normalized spacial score (nSPS) is 15.7. The van der Waals surface area contributed by atoms with E-state index < -0.39 is 29.7 Å². The van der Waals surface area contributed by atoms with Crippen molar-refractivity contribution in [1.29, 1.82) is 0 Å². The summed E-state index contributed by atoms with van der Waals surface area (Å²) in [4.78, 5) is 32.3. The molecule has 4 rings (SSSR count). The highest BCUT2D eigenvalue weighted by Gasteiger charge is 2.41. The topological polar surface area (TPSA) is 88.3 Å². The van der Waals surface area contributed by atoms with Gasteiger partial charge in [0.25, 0.3) is 5.91 Å². The average Bonchev–Trinajstić information content (AvgIpc) is 3.20. The fourth-order valence-corrected chi connectivity index (χ4v) is 4.58. The molecule has 1 aliphatic carbocycles. The van der Waals surface area contributed by atoms with Gasteiger partial charge >= 0.3 is 0 Å². The number of carbonyl (C=O) groups is 2. The van der Waals surface area contributed by atoms with Gasteiger partial charge in [-0.15, -0.1) is 0 Å². The zero-order valence-electron chi connectivity index (χ0n) is 17.4. The fraction of sp³-hybridized carbons (Fsp3) is 0.208. The Morgan fingerprint density at radius 1 is 1.22 bits per heavy atom. The van der Waals surface area contributed by atoms with Crippen molar-refractivity contribution in [3.63, 3.8) is 0 Å². The van der Waals surface area contributed by atoms with Crippen LogP contribution in [0.5, 0.6) is 0 Å². The molecule has 0 unspecified atom stereocenters. The number of pyridine rings is 1. The van der Waals surface area contributed by atoms with Crippen LogP contribution < -0.4 is 11.1 Å². The van der Waals surface area contributed by atoms with Gasteiger partial charge in [0.1, 0.15) is 17.7 Å². The highest BCUT2D eigenvalue weighted by atomic mass is 35.5. The minimum atomic E-state index is -1.06. The first-order valence-corrected chi connectivity index (χ1v) is 10.6. The zero-order valence-corrected chi connectivity index (χ0v) is 18.1. The van der Waals surface area contributed by atoms with Crippen LogP contribution in [0.25, 0.3) is 0 Å². The van der Waals surface area contributed by atoms with Crippen LogP contribution in [0, 0.1) is 5.82 Å². The number of rotatable bonds is 6. The van der Waals surface area contributed by atoms with Crippen molar-refractivity contribution in [3.05, 3.63) is 93.9 Å². The molecule has 0 fully saturated rings. The number of hydrogen-bond acceptors (Lipinski definition) is 4. The van der Waals surface area contributed by atoms with Crippen LogP contribution in [0.4, 0.5) is 10.2 Å². The number of nitrogens with one attached hydrogen (secondary N) is 1. The zero-order chi connectivity index (χ0) is 22.8. The van der Waals surface area contributed by atoms with Crippen molar-refractivity contribution in [3.8, 4) is 0 Å². The first-order valence-electron chi connectivity index (χ1n) is 10.2. The first-order chi connectivity index (χ1) is 15.4. The number of amides is 2. The lowest BCUT2D eigenvalue weighted by atomic mass is 9.98. The Kier molecular flexibility index (Phi) is 6.10. The van der Waals surface area contributed by atoms with Gasteiger partial charge in [-0.05, 0) is 53.8 Å². The number of benzene rings is 2. The summed E-state index contributed by atoms with van der Waals surface area (Å²) in [5, 5.41) is 3.14. The third-order valence-electron chi connectivity index (χ3n) is 5.73. The Morgan fingerprint density at radius 2 is 1.97 bits per heavy atom. The number of halogens is 2. The van der Waals surface area contributed by atoms with Crippen molar-refractivity contribution in [2.45, 2.75) is 24.9 Å². The molecule has 3 N–H and O–H groups in total. The van der Waals surface area contributed by atoms with Gasteiger partial charge in [0.05, 0.1) is 11.6 Å². The molecule has 32 heavy (non-hydrogen) atoms. The molecule has 0 bridgehead atoms. The van der Waals surface area contributed by atoms with Crippen LogP contribution >= 0.6 is 11.6 Å². The SMILES string of the molecule is CNc1ncccc1C(=O)N([C@@H]1CCc2c(F)cc(Cl)cc21)[C@@H](C(N)=O)c1ccccc1. The maximum absolute atomic E-state index is 14.6. The van der Waals surface area contributed by atoms with E-state index >= 15 is 0 Å². The number of carbonyl (C=O) groups excluding carboxylic acids is 2. The second kappa shape index (κ2) is 8.96. The van der Waals surface area contributed by atoms with Crippen LogP contribution in [-0.2, 0) is 11.2 Å². The Labute approximate surface area is 190 Å². The summed E-state index contributed by atoms with van der Waals surface area (Å²) in [6.45, 7) is 0. The van der Waals surface area contributed by atoms with Gasteiger partial charge < -0.3 is 16.0 Å². The lowest BCUT2D eigenvalue weighted by Gasteiger charge is -2.36. The minimum Gasteiger partial charge on any atom is -0.372 e. The number of hydrogen-bond donors (Lipinski definition) is 2. The fourth-order valence-electron chi connectivity index (χ4n) is 4.36.